The van der Waals surface area contributed by atoms with Crippen LogP contribution in [0.2, 0.25) is 0 Å². The Bertz CT molecular complexity index is 859. The number of pyridine rings is 1. The highest BCUT2D eigenvalue weighted by molar-refractivity contribution is 5.91. The van der Waals surface area contributed by atoms with Gasteiger partial charge < -0.3 is 9.84 Å². The first-order valence-electron chi connectivity index (χ1n) is 8.23. The number of amides is 1. The number of nitrogens with one attached hydrogen (secondary N) is 1. The molecule has 6 nitrogen and oxygen atoms in total. The zero-order chi connectivity index (χ0) is 17.6. The van der Waals surface area contributed by atoms with E-state index in [-0.39, 0.29) is 5.91 Å². The molecule has 2 aromatic heterocycles. The second-order valence-corrected chi connectivity index (χ2v) is 5.95. The molecule has 0 spiro atoms. The Morgan fingerprint density at radius 1 is 1.20 bits per heavy atom. The third-order valence-electron chi connectivity index (χ3n) is 3.82. The van der Waals surface area contributed by atoms with E-state index >= 15 is 0 Å². The number of nitrogens with zero attached hydrogens (tertiary/aromatic N) is 3. The van der Waals surface area contributed by atoms with E-state index in [1.54, 1.807) is 6.20 Å². The smallest absolute Gasteiger partial charge is 0.227 e. The molecule has 1 aromatic carbocycles. The zero-order valence-electron chi connectivity index (χ0n) is 14.3. The maximum Gasteiger partial charge on any atom is 0.227 e. The van der Waals surface area contributed by atoms with Crippen LogP contribution in [0.4, 0.5) is 5.69 Å². The molecule has 128 valence electrons. The minimum atomic E-state index is -0.0156. The van der Waals surface area contributed by atoms with E-state index in [2.05, 4.69) is 20.4 Å². The predicted octanol–water partition coefficient (Wildman–Crippen LogP) is 3.71. The summed E-state index contributed by atoms with van der Waals surface area (Å²) in [6, 6.07) is 11.5. The normalized spacial score (nSPS) is 10.6. The van der Waals surface area contributed by atoms with Crippen molar-refractivity contribution in [2.24, 2.45) is 0 Å². The molecule has 1 N–H and O–H groups in total. The Morgan fingerprint density at radius 2 is 2.08 bits per heavy atom. The Morgan fingerprint density at radius 3 is 2.88 bits per heavy atom. The summed E-state index contributed by atoms with van der Waals surface area (Å²) in [6.45, 7) is 3.98. The van der Waals surface area contributed by atoms with Crippen LogP contribution in [0.15, 0.2) is 47.1 Å². The van der Waals surface area contributed by atoms with Crippen molar-refractivity contribution in [3.8, 4) is 11.5 Å². The third-order valence-corrected chi connectivity index (χ3v) is 3.82. The zero-order valence-corrected chi connectivity index (χ0v) is 14.3. The van der Waals surface area contributed by atoms with Gasteiger partial charge in [-0.1, -0.05) is 23.4 Å². The monoisotopic (exact) mass is 336 g/mol. The van der Waals surface area contributed by atoms with Gasteiger partial charge in [0.05, 0.1) is 0 Å². The van der Waals surface area contributed by atoms with E-state index < -0.39 is 0 Å². The van der Waals surface area contributed by atoms with Crippen LogP contribution in [-0.2, 0) is 11.2 Å². The summed E-state index contributed by atoms with van der Waals surface area (Å²) in [5, 5.41) is 6.88. The van der Waals surface area contributed by atoms with Crippen LogP contribution in [-0.4, -0.2) is 21.0 Å². The highest BCUT2D eigenvalue weighted by atomic mass is 16.5. The van der Waals surface area contributed by atoms with Gasteiger partial charge in [-0.15, -0.1) is 0 Å². The number of hydrogen-bond acceptors (Lipinski definition) is 5. The molecule has 6 heteroatoms. The van der Waals surface area contributed by atoms with Crippen molar-refractivity contribution < 1.29 is 9.32 Å². The maximum atomic E-state index is 12.1. The van der Waals surface area contributed by atoms with Gasteiger partial charge in [0.25, 0.3) is 0 Å². The number of carbonyl (C=O) groups excluding carboxylic acids is 1. The summed E-state index contributed by atoms with van der Waals surface area (Å²) in [5.74, 6) is 0.966. The summed E-state index contributed by atoms with van der Waals surface area (Å²) in [5.41, 5.74) is 3.70. The molecule has 2 heterocycles. The lowest BCUT2D eigenvalue weighted by atomic mass is 10.1. The lowest BCUT2D eigenvalue weighted by molar-refractivity contribution is -0.116. The van der Waals surface area contributed by atoms with Crippen molar-refractivity contribution in [3.63, 3.8) is 0 Å². The van der Waals surface area contributed by atoms with Crippen LogP contribution in [0, 0.1) is 13.8 Å². The van der Waals surface area contributed by atoms with Crippen molar-refractivity contribution in [3.05, 3.63) is 59.6 Å². The fourth-order valence-electron chi connectivity index (χ4n) is 2.44. The van der Waals surface area contributed by atoms with Crippen molar-refractivity contribution in [2.75, 3.05) is 5.32 Å². The Labute approximate surface area is 146 Å². The standard InChI is InChI=1S/C19H20N4O2/c1-13-9-10-14(2)16(12-13)21-17(24)7-5-8-18-22-19(23-25-18)15-6-3-4-11-20-15/h3-4,6,9-12H,5,7-8H2,1-2H3,(H,21,24). The molecule has 0 fully saturated rings. The average molecular weight is 336 g/mol. The first-order valence-corrected chi connectivity index (χ1v) is 8.23. The second-order valence-electron chi connectivity index (χ2n) is 5.95. The Balaban J connectivity index is 1.50. The fourth-order valence-corrected chi connectivity index (χ4v) is 2.44. The van der Waals surface area contributed by atoms with Gasteiger partial charge in [-0.05, 0) is 49.6 Å². The van der Waals surface area contributed by atoms with Crippen molar-refractivity contribution in [1.82, 2.24) is 15.1 Å². The second kappa shape index (κ2) is 7.70. The minimum absolute atomic E-state index is 0.0156. The number of benzene rings is 1. The van der Waals surface area contributed by atoms with Gasteiger partial charge in [0.15, 0.2) is 0 Å². The van der Waals surface area contributed by atoms with Gasteiger partial charge >= 0.3 is 0 Å². The summed E-state index contributed by atoms with van der Waals surface area (Å²) in [7, 11) is 0. The summed E-state index contributed by atoms with van der Waals surface area (Å²) >= 11 is 0. The number of aromatic nitrogens is 3. The third kappa shape index (κ3) is 4.50. The predicted molar refractivity (Wildman–Crippen MR) is 95.0 cm³/mol. The molecule has 0 aliphatic rings. The van der Waals surface area contributed by atoms with E-state index in [1.165, 1.54) is 0 Å². The van der Waals surface area contributed by atoms with Gasteiger partial charge in [-0.25, -0.2) is 0 Å². The molecular formula is C19H20N4O2. The van der Waals surface area contributed by atoms with E-state index in [9.17, 15) is 4.79 Å². The SMILES string of the molecule is Cc1ccc(C)c(NC(=O)CCCc2nc(-c3ccccn3)no2)c1. The highest BCUT2D eigenvalue weighted by Gasteiger charge is 2.10. The van der Waals surface area contributed by atoms with Gasteiger partial charge in [0, 0.05) is 24.7 Å². The van der Waals surface area contributed by atoms with E-state index in [0.29, 0.717) is 36.7 Å². The van der Waals surface area contributed by atoms with Gasteiger partial charge in [0.2, 0.25) is 17.6 Å². The largest absolute Gasteiger partial charge is 0.339 e. The van der Waals surface area contributed by atoms with Gasteiger partial charge in [0.1, 0.15) is 5.69 Å². The van der Waals surface area contributed by atoms with Gasteiger partial charge in [-0.3, -0.25) is 9.78 Å². The van der Waals surface area contributed by atoms with Crippen LogP contribution in [0.1, 0.15) is 29.9 Å². The lowest BCUT2D eigenvalue weighted by Gasteiger charge is -2.08. The van der Waals surface area contributed by atoms with Crippen molar-refractivity contribution in [2.45, 2.75) is 33.1 Å². The molecule has 0 unspecified atom stereocenters. The van der Waals surface area contributed by atoms with Crippen LogP contribution in [0.3, 0.4) is 0 Å². The molecule has 0 aliphatic carbocycles. The highest BCUT2D eigenvalue weighted by Crippen LogP contribution is 2.17. The van der Waals surface area contributed by atoms with Crippen LogP contribution < -0.4 is 5.32 Å². The summed E-state index contributed by atoms with van der Waals surface area (Å²) < 4.78 is 5.22. The number of anilines is 1. The van der Waals surface area contributed by atoms with E-state index in [1.807, 2.05) is 50.2 Å². The fraction of sp³-hybridized carbons (Fsp3) is 0.263. The molecule has 0 aliphatic heterocycles. The molecule has 0 radical (unpaired) electrons. The molecule has 0 bridgehead atoms. The summed E-state index contributed by atoms with van der Waals surface area (Å²) in [6.07, 6.45) is 3.28. The maximum absolute atomic E-state index is 12.1. The molecule has 3 rings (SSSR count). The van der Waals surface area contributed by atoms with Crippen molar-refractivity contribution in [1.29, 1.82) is 0 Å². The molecule has 1 amide bonds. The number of aryl methyl sites for hydroxylation is 3. The molecule has 0 saturated heterocycles. The quantitative estimate of drug-likeness (QED) is 0.742. The van der Waals surface area contributed by atoms with E-state index in [0.717, 1.165) is 16.8 Å². The topological polar surface area (TPSA) is 80.9 Å². The first kappa shape index (κ1) is 16.8. The first-order chi connectivity index (χ1) is 12.1. The molecule has 0 saturated carbocycles. The molecule has 0 atom stereocenters. The Hall–Kier alpha value is -3.02. The van der Waals surface area contributed by atoms with Crippen molar-refractivity contribution >= 4 is 11.6 Å². The number of rotatable bonds is 6. The molecular weight excluding hydrogens is 316 g/mol. The van der Waals surface area contributed by atoms with Crippen LogP contribution >= 0.6 is 0 Å². The van der Waals surface area contributed by atoms with Gasteiger partial charge in [-0.2, -0.15) is 4.98 Å². The lowest BCUT2D eigenvalue weighted by Crippen LogP contribution is -2.12. The van der Waals surface area contributed by atoms with Crippen LogP contribution in [0.5, 0.6) is 0 Å². The summed E-state index contributed by atoms with van der Waals surface area (Å²) in [4.78, 5) is 20.6. The minimum Gasteiger partial charge on any atom is -0.339 e. The van der Waals surface area contributed by atoms with Crippen LogP contribution in [0.25, 0.3) is 11.5 Å². The average Bonchev–Trinajstić information content (AvgIpc) is 3.08. The Kier molecular flexibility index (Phi) is 5.18. The number of hydrogen-bond donors (Lipinski definition) is 1. The van der Waals surface area contributed by atoms with E-state index in [4.69, 9.17) is 4.52 Å². The molecule has 3 aromatic rings. The molecule has 25 heavy (non-hydrogen) atoms. The number of carbonyl (C=O) groups is 1.